The van der Waals surface area contributed by atoms with E-state index < -0.39 is 23.3 Å². The molecule has 1 saturated carbocycles. The van der Waals surface area contributed by atoms with Crippen LogP contribution in [0.2, 0.25) is 0 Å². The first-order valence-electron chi connectivity index (χ1n) is 11.3. The number of hydrogen-bond donors (Lipinski definition) is 2. The lowest BCUT2D eigenvalue weighted by molar-refractivity contribution is -0.150. The van der Waals surface area contributed by atoms with Crippen LogP contribution in [0.1, 0.15) is 19.3 Å². The minimum absolute atomic E-state index is 0.0349. The number of nitrogens with one attached hydrogen (secondary N) is 1. The van der Waals surface area contributed by atoms with Crippen molar-refractivity contribution in [1.29, 1.82) is 0 Å². The van der Waals surface area contributed by atoms with Gasteiger partial charge in [-0.1, -0.05) is 18.2 Å². The van der Waals surface area contributed by atoms with E-state index >= 15 is 0 Å². The molecule has 1 aliphatic carbocycles. The van der Waals surface area contributed by atoms with Crippen LogP contribution >= 0.6 is 23.5 Å². The largest absolute Gasteiger partial charge is 0.477 e. The Morgan fingerprint density at radius 3 is 2.68 bits per heavy atom. The lowest BCUT2D eigenvalue weighted by atomic mass is 10.0. The molecule has 3 heterocycles. The Kier molecular flexibility index (Phi) is 6.44. The Balaban J connectivity index is 1.25. The average molecular weight is 500 g/mol. The highest BCUT2D eigenvalue weighted by atomic mass is 32.2. The molecule has 2 N–H and O–H groups in total. The third-order valence-electron chi connectivity index (χ3n) is 6.37. The van der Waals surface area contributed by atoms with Crippen LogP contribution in [0, 0.1) is 5.92 Å². The molecule has 4 aliphatic rings. The van der Waals surface area contributed by atoms with Gasteiger partial charge in [-0.3, -0.25) is 19.3 Å². The van der Waals surface area contributed by atoms with Gasteiger partial charge in [0.25, 0.3) is 5.91 Å². The van der Waals surface area contributed by atoms with Gasteiger partial charge in [0, 0.05) is 29.3 Å². The zero-order valence-electron chi connectivity index (χ0n) is 18.4. The molecule has 178 valence electrons. The molecule has 34 heavy (non-hydrogen) atoms. The van der Waals surface area contributed by atoms with Crippen LogP contribution in [-0.4, -0.2) is 74.6 Å². The Hall–Kier alpha value is -2.72. The molecule has 0 aromatic heterocycles. The molecule has 3 amide bonds. The van der Waals surface area contributed by atoms with Crippen LogP contribution in [0.15, 0.2) is 58.1 Å². The molecule has 1 aromatic rings. The SMILES string of the molecule is O=C(CSc1ccccc1)N[C@@H]1C(=O)N2C(C(=O)O)=C(/C=C3\CCN(CC4CC4)C3=O)CS[C@H]12. The van der Waals surface area contributed by atoms with E-state index in [-0.39, 0.29) is 23.3 Å². The maximum Gasteiger partial charge on any atom is 0.352 e. The number of carbonyl (C=O) groups is 4. The number of likely N-dealkylation sites (tertiary alicyclic amines) is 1. The Morgan fingerprint density at radius 2 is 1.97 bits per heavy atom. The van der Waals surface area contributed by atoms with Gasteiger partial charge in [0.05, 0.1) is 5.75 Å². The van der Waals surface area contributed by atoms with Gasteiger partial charge in [0.2, 0.25) is 11.8 Å². The molecular formula is C24H25N3O5S2. The van der Waals surface area contributed by atoms with Crippen molar-refractivity contribution in [1.82, 2.24) is 15.1 Å². The summed E-state index contributed by atoms with van der Waals surface area (Å²) < 4.78 is 0. The van der Waals surface area contributed by atoms with E-state index in [9.17, 15) is 24.3 Å². The number of carboxylic acid groups (broad SMARTS) is 1. The van der Waals surface area contributed by atoms with Gasteiger partial charge in [-0.05, 0) is 49.0 Å². The summed E-state index contributed by atoms with van der Waals surface area (Å²) in [4.78, 5) is 54.1. The first kappa shape index (κ1) is 23.0. The second-order valence-corrected chi connectivity index (χ2v) is 11.0. The second-order valence-electron chi connectivity index (χ2n) is 8.85. The zero-order chi connectivity index (χ0) is 23.8. The fourth-order valence-electron chi connectivity index (χ4n) is 4.43. The maximum atomic E-state index is 12.8. The van der Waals surface area contributed by atoms with E-state index in [0.29, 0.717) is 35.8 Å². The fourth-order valence-corrected chi connectivity index (χ4v) is 6.47. The van der Waals surface area contributed by atoms with Crippen LogP contribution < -0.4 is 5.32 Å². The summed E-state index contributed by atoms with van der Waals surface area (Å²) in [6.07, 6.45) is 4.57. The van der Waals surface area contributed by atoms with Gasteiger partial charge in [0.1, 0.15) is 17.1 Å². The summed E-state index contributed by atoms with van der Waals surface area (Å²) in [5, 5.41) is 12.2. The van der Waals surface area contributed by atoms with Crippen LogP contribution in [0.25, 0.3) is 0 Å². The number of fused-ring (bicyclic) bond motifs is 1. The number of β-lactam (4-membered cyclic amide) rings is 1. The Labute approximate surface area is 205 Å². The van der Waals surface area contributed by atoms with Crippen molar-refractivity contribution in [2.24, 2.45) is 5.92 Å². The number of amides is 3. The molecule has 0 spiro atoms. The van der Waals surface area contributed by atoms with Gasteiger partial charge in [-0.25, -0.2) is 4.79 Å². The van der Waals surface area contributed by atoms with Crippen LogP contribution in [-0.2, 0) is 19.2 Å². The summed E-state index contributed by atoms with van der Waals surface area (Å²) in [5.41, 5.74) is 0.992. The highest BCUT2D eigenvalue weighted by molar-refractivity contribution is 8.00. The molecule has 2 saturated heterocycles. The quantitative estimate of drug-likeness (QED) is 0.320. The lowest BCUT2D eigenvalue weighted by Crippen LogP contribution is -2.70. The summed E-state index contributed by atoms with van der Waals surface area (Å²) in [7, 11) is 0. The molecule has 10 heteroatoms. The number of allylic oxidation sites excluding steroid dienone is 1. The number of thioether (sulfide) groups is 2. The number of benzene rings is 1. The second kappa shape index (κ2) is 9.50. The third-order valence-corrected chi connectivity index (χ3v) is 8.68. The van der Waals surface area contributed by atoms with Crippen molar-refractivity contribution in [2.45, 2.75) is 35.6 Å². The fraction of sp³-hybridized carbons (Fsp3) is 0.417. The molecule has 3 aliphatic heterocycles. The Morgan fingerprint density at radius 1 is 1.21 bits per heavy atom. The number of nitrogens with zero attached hydrogens (tertiary/aromatic N) is 2. The molecule has 1 aromatic carbocycles. The molecule has 0 bridgehead atoms. The van der Waals surface area contributed by atoms with Crippen LogP contribution in [0.3, 0.4) is 0 Å². The summed E-state index contributed by atoms with van der Waals surface area (Å²) in [5.74, 6) is -0.808. The minimum Gasteiger partial charge on any atom is -0.477 e. The molecule has 0 unspecified atom stereocenters. The number of rotatable bonds is 8. The maximum absolute atomic E-state index is 12.8. The first-order chi connectivity index (χ1) is 16.4. The summed E-state index contributed by atoms with van der Waals surface area (Å²) in [6, 6.07) is 8.75. The van der Waals surface area contributed by atoms with E-state index in [1.54, 1.807) is 6.08 Å². The normalized spacial score (nSPS) is 25.5. The van der Waals surface area contributed by atoms with E-state index in [4.69, 9.17) is 0 Å². The van der Waals surface area contributed by atoms with Gasteiger partial charge in [-0.15, -0.1) is 23.5 Å². The topological polar surface area (TPSA) is 107 Å². The molecule has 8 nitrogen and oxygen atoms in total. The van der Waals surface area contributed by atoms with E-state index in [0.717, 1.165) is 24.3 Å². The van der Waals surface area contributed by atoms with Crippen molar-refractivity contribution in [3.8, 4) is 0 Å². The van der Waals surface area contributed by atoms with Gasteiger partial charge in [-0.2, -0.15) is 0 Å². The van der Waals surface area contributed by atoms with Crippen molar-refractivity contribution in [3.63, 3.8) is 0 Å². The first-order valence-corrected chi connectivity index (χ1v) is 13.3. The minimum atomic E-state index is -1.20. The molecule has 5 rings (SSSR count). The highest BCUT2D eigenvalue weighted by Gasteiger charge is 2.54. The van der Waals surface area contributed by atoms with Crippen molar-refractivity contribution in [3.05, 3.63) is 53.3 Å². The zero-order valence-corrected chi connectivity index (χ0v) is 20.1. The van der Waals surface area contributed by atoms with Crippen LogP contribution in [0.5, 0.6) is 0 Å². The number of carbonyl (C=O) groups excluding carboxylic acids is 3. The van der Waals surface area contributed by atoms with Gasteiger partial charge in [0.15, 0.2) is 0 Å². The summed E-state index contributed by atoms with van der Waals surface area (Å²) >= 11 is 2.79. The average Bonchev–Trinajstić information content (AvgIpc) is 3.60. The smallest absolute Gasteiger partial charge is 0.352 e. The predicted octanol–water partition coefficient (Wildman–Crippen LogP) is 2.09. The van der Waals surface area contributed by atoms with Gasteiger partial charge >= 0.3 is 5.97 Å². The van der Waals surface area contributed by atoms with Gasteiger partial charge < -0.3 is 15.3 Å². The standard InChI is InChI=1S/C24H25N3O5S2/c28-18(13-33-17-4-2-1-3-5-17)25-19-22(30)27-20(24(31)32)16(12-34-23(19)27)10-15-8-9-26(21(15)29)11-14-6-7-14/h1-5,10,14,19,23H,6-9,11-13H2,(H,25,28)(H,31,32)/b15-10+/t19-,23-/m1/s1. The van der Waals surface area contributed by atoms with E-state index in [2.05, 4.69) is 5.32 Å². The van der Waals surface area contributed by atoms with E-state index in [1.807, 2.05) is 35.2 Å². The molecule has 3 fully saturated rings. The molecule has 0 radical (unpaired) electrons. The molecule has 2 atom stereocenters. The Bertz CT molecular complexity index is 1100. The summed E-state index contributed by atoms with van der Waals surface area (Å²) in [6.45, 7) is 1.43. The van der Waals surface area contributed by atoms with Crippen molar-refractivity contribution in [2.75, 3.05) is 24.6 Å². The number of aliphatic carboxylic acids is 1. The van der Waals surface area contributed by atoms with Crippen molar-refractivity contribution >= 4 is 47.2 Å². The lowest BCUT2D eigenvalue weighted by Gasteiger charge is -2.49. The van der Waals surface area contributed by atoms with E-state index in [1.165, 1.54) is 28.4 Å². The highest BCUT2D eigenvalue weighted by Crippen LogP contribution is 2.41. The number of hydrogen-bond acceptors (Lipinski definition) is 6. The monoisotopic (exact) mass is 499 g/mol. The predicted molar refractivity (Wildman–Crippen MR) is 129 cm³/mol. The number of carboxylic acids is 1. The third kappa shape index (κ3) is 4.61. The van der Waals surface area contributed by atoms with Crippen molar-refractivity contribution < 1.29 is 24.3 Å². The molecular weight excluding hydrogens is 474 g/mol. The van der Waals surface area contributed by atoms with Crippen LogP contribution in [0.4, 0.5) is 0 Å².